The number of benzene rings is 2. The third kappa shape index (κ3) is 5.35. The van der Waals surface area contributed by atoms with Crippen LogP contribution < -0.4 is 4.74 Å². The lowest BCUT2D eigenvalue weighted by Gasteiger charge is -2.34. The Labute approximate surface area is 174 Å². The maximum atomic E-state index is 13.2. The molecule has 0 aliphatic carbocycles. The number of ether oxygens (including phenoxy) is 1. The molecule has 0 unspecified atom stereocenters. The standard InChI is InChI=1S/C22H22ClFN2O3/c1-2-29-18-7-3-16(4-8-18)5-10-21(27)25-11-13-26(14-12-25)22(28)19-9-6-17(24)15-20(19)23/h3-10,15H,2,11-14H2,1H3/b10-5+. The monoisotopic (exact) mass is 416 g/mol. The van der Waals surface area contributed by atoms with E-state index in [4.69, 9.17) is 16.3 Å². The maximum absolute atomic E-state index is 13.2. The normalized spacial score (nSPS) is 14.3. The molecular formula is C22H22ClFN2O3. The summed E-state index contributed by atoms with van der Waals surface area (Å²) in [5, 5.41) is 0.0896. The van der Waals surface area contributed by atoms with Crippen LogP contribution in [0.25, 0.3) is 6.08 Å². The molecule has 5 nitrogen and oxygen atoms in total. The smallest absolute Gasteiger partial charge is 0.255 e. The van der Waals surface area contributed by atoms with Crippen LogP contribution in [0.2, 0.25) is 5.02 Å². The Balaban J connectivity index is 1.54. The predicted octanol–water partition coefficient (Wildman–Crippen LogP) is 3.88. The van der Waals surface area contributed by atoms with E-state index in [0.717, 1.165) is 17.4 Å². The van der Waals surface area contributed by atoms with E-state index in [1.54, 1.807) is 15.9 Å². The van der Waals surface area contributed by atoms with Crippen molar-refractivity contribution in [3.8, 4) is 5.75 Å². The first-order valence-corrected chi connectivity index (χ1v) is 9.80. The van der Waals surface area contributed by atoms with Gasteiger partial charge in [0.25, 0.3) is 5.91 Å². The highest BCUT2D eigenvalue weighted by molar-refractivity contribution is 6.33. The van der Waals surface area contributed by atoms with Crippen molar-refractivity contribution in [2.24, 2.45) is 0 Å². The minimum atomic E-state index is -0.485. The molecule has 0 bridgehead atoms. The van der Waals surface area contributed by atoms with Crippen molar-refractivity contribution >= 4 is 29.5 Å². The second-order valence-corrected chi connectivity index (χ2v) is 6.98. The van der Waals surface area contributed by atoms with Crippen molar-refractivity contribution in [1.82, 2.24) is 9.80 Å². The number of hydrogen-bond acceptors (Lipinski definition) is 3. The maximum Gasteiger partial charge on any atom is 0.255 e. The largest absolute Gasteiger partial charge is 0.494 e. The van der Waals surface area contributed by atoms with Crippen LogP contribution in [-0.4, -0.2) is 54.4 Å². The first-order valence-electron chi connectivity index (χ1n) is 9.42. The van der Waals surface area contributed by atoms with Crippen molar-refractivity contribution in [3.05, 3.63) is 70.5 Å². The highest BCUT2D eigenvalue weighted by Gasteiger charge is 2.25. The van der Waals surface area contributed by atoms with Gasteiger partial charge in [-0.25, -0.2) is 4.39 Å². The first kappa shape index (κ1) is 20.9. The molecule has 152 valence electrons. The molecule has 7 heteroatoms. The summed E-state index contributed by atoms with van der Waals surface area (Å²) in [7, 11) is 0. The zero-order valence-electron chi connectivity index (χ0n) is 16.1. The fourth-order valence-electron chi connectivity index (χ4n) is 3.08. The molecule has 0 spiro atoms. The molecule has 1 aliphatic rings. The molecule has 0 N–H and O–H groups in total. The Bertz CT molecular complexity index is 907. The number of piperazine rings is 1. The second-order valence-electron chi connectivity index (χ2n) is 6.58. The zero-order chi connectivity index (χ0) is 20.8. The molecule has 1 heterocycles. The molecule has 0 aromatic heterocycles. The molecule has 2 amide bonds. The zero-order valence-corrected chi connectivity index (χ0v) is 16.9. The van der Waals surface area contributed by atoms with Crippen molar-refractivity contribution in [1.29, 1.82) is 0 Å². The summed E-state index contributed by atoms with van der Waals surface area (Å²) < 4.78 is 18.6. The quantitative estimate of drug-likeness (QED) is 0.695. The van der Waals surface area contributed by atoms with Gasteiger partial charge in [-0.15, -0.1) is 0 Å². The number of amides is 2. The van der Waals surface area contributed by atoms with Gasteiger partial charge in [0.1, 0.15) is 11.6 Å². The van der Waals surface area contributed by atoms with Crippen LogP contribution in [0.5, 0.6) is 5.75 Å². The highest BCUT2D eigenvalue weighted by atomic mass is 35.5. The molecule has 2 aromatic rings. The van der Waals surface area contributed by atoms with Crippen LogP contribution in [0.3, 0.4) is 0 Å². The molecule has 0 radical (unpaired) electrons. The summed E-state index contributed by atoms with van der Waals surface area (Å²) in [5.41, 5.74) is 1.17. The van der Waals surface area contributed by atoms with Crippen LogP contribution in [0.15, 0.2) is 48.5 Å². The van der Waals surface area contributed by atoms with Crippen LogP contribution in [0.4, 0.5) is 4.39 Å². The van der Waals surface area contributed by atoms with E-state index >= 15 is 0 Å². The van der Waals surface area contributed by atoms with E-state index in [1.165, 1.54) is 18.2 Å². The van der Waals surface area contributed by atoms with E-state index in [0.29, 0.717) is 32.8 Å². The molecule has 1 saturated heterocycles. The van der Waals surface area contributed by atoms with Gasteiger partial charge in [0.2, 0.25) is 5.91 Å². The van der Waals surface area contributed by atoms with Gasteiger partial charge in [0, 0.05) is 32.3 Å². The number of rotatable bonds is 5. The van der Waals surface area contributed by atoms with Crippen LogP contribution in [0.1, 0.15) is 22.8 Å². The summed E-state index contributed by atoms with van der Waals surface area (Å²) in [6, 6.07) is 11.2. The molecule has 29 heavy (non-hydrogen) atoms. The van der Waals surface area contributed by atoms with Crippen molar-refractivity contribution in [2.45, 2.75) is 6.92 Å². The van der Waals surface area contributed by atoms with E-state index < -0.39 is 5.82 Å². The number of nitrogens with zero attached hydrogens (tertiary/aromatic N) is 2. The highest BCUT2D eigenvalue weighted by Crippen LogP contribution is 2.20. The summed E-state index contributed by atoms with van der Waals surface area (Å²) in [5.74, 6) is -0.0582. The van der Waals surface area contributed by atoms with Gasteiger partial charge in [-0.3, -0.25) is 9.59 Å². The predicted molar refractivity (Wildman–Crippen MR) is 111 cm³/mol. The van der Waals surface area contributed by atoms with Gasteiger partial charge in [-0.1, -0.05) is 23.7 Å². The number of hydrogen-bond donors (Lipinski definition) is 0. The van der Waals surface area contributed by atoms with E-state index in [-0.39, 0.29) is 22.4 Å². The number of halogens is 2. The van der Waals surface area contributed by atoms with Gasteiger partial charge >= 0.3 is 0 Å². The molecule has 0 atom stereocenters. The molecule has 0 saturated carbocycles. The lowest BCUT2D eigenvalue weighted by Crippen LogP contribution is -2.50. The summed E-state index contributed by atoms with van der Waals surface area (Å²) in [4.78, 5) is 28.3. The minimum Gasteiger partial charge on any atom is -0.494 e. The van der Waals surface area contributed by atoms with Gasteiger partial charge in [-0.2, -0.15) is 0 Å². The Morgan fingerprint density at radius 1 is 1.07 bits per heavy atom. The average molecular weight is 417 g/mol. The fourth-order valence-corrected chi connectivity index (χ4v) is 3.33. The molecule has 2 aromatic carbocycles. The van der Waals surface area contributed by atoms with Crippen LogP contribution in [-0.2, 0) is 4.79 Å². The van der Waals surface area contributed by atoms with Gasteiger partial charge < -0.3 is 14.5 Å². The van der Waals surface area contributed by atoms with E-state index in [1.807, 2.05) is 31.2 Å². The SMILES string of the molecule is CCOc1ccc(/C=C/C(=O)N2CCN(C(=O)c3ccc(F)cc3Cl)CC2)cc1. The molecule has 1 fully saturated rings. The Morgan fingerprint density at radius 3 is 2.34 bits per heavy atom. The van der Waals surface area contributed by atoms with Crippen molar-refractivity contribution in [2.75, 3.05) is 32.8 Å². The second kappa shape index (κ2) is 9.56. The molecular weight excluding hydrogens is 395 g/mol. The average Bonchev–Trinajstić information content (AvgIpc) is 2.73. The Kier molecular flexibility index (Phi) is 6.88. The van der Waals surface area contributed by atoms with E-state index in [2.05, 4.69) is 0 Å². The molecule has 3 rings (SSSR count). The third-order valence-corrected chi connectivity index (χ3v) is 4.96. The third-order valence-electron chi connectivity index (χ3n) is 4.65. The van der Waals surface area contributed by atoms with Gasteiger partial charge in [0.05, 0.1) is 17.2 Å². The lowest BCUT2D eigenvalue weighted by molar-refractivity contribution is -0.127. The fraction of sp³-hybridized carbons (Fsp3) is 0.273. The van der Waals surface area contributed by atoms with Gasteiger partial charge in [-0.05, 0) is 48.9 Å². The summed E-state index contributed by atoms with van der Waals surface area (Å²) in [6.45, 7) is 4.18. The van der Waals surface area contributed by atoms with Crippen LogP contribution in [0, 0.1) is 5.82 Å². The molecule has 1 aliphatic heterocycles. The Morgan fingerprint density at radius 2 is 1.72 bits per heavy atom. The lowest BCUT2D eigenvalue weighted by atomic mass is 10.1. The summed E-state index contributed by atoms with van der Waals surface area (Å²) in [6.07, 6.45) is 3.29. The topological polar surface area (TPSA) is 49.9 Å². The van der Waals surface area contributed by atoms with Crippen molar-refractivity contribution in [3.63, 3.8) is 0 Å². The first-order chi connectivity index (χ1) is 14.0. The minimum absolute atomic E-state index is 0.0896. The number of carbonyl (C=O) groups excluding carboxylic acids is 2. The van der Waals surface area contributed by atoms with Gasteiger partial charge in [0.15, 0.2) is 0 Å². The number of carbonyl (C=O) groups is 2. The Hall–Kier alpha value is -2.86. The van der Waals surface area contributed by atoms with Crippen molar-refractivity contribution < 1.29 is 18.7 Å². The summed E-state index contributed by atoms with van der Waals surface area (Å²) >= 11 is 5.98. The van der Waals surface area contributed by atoms with Crippen LogP contribution >= 0.6 is 11.6 Å². The van der Waals surface area contributed by atoms with E-state index in [9.17, 15) is 14.0 Å².